The van der Waals surface area contributed by atoms with Gasteiger partial charge in [-0.25, -0.2) is 9.37 Å². The van der Waals surface area contributed by atoms with Crippen LogP contribution in [-0.2, 0) is 21.4 Å². The van der Waals surface area contributed by atoms with E-state index in [1.165, 1.54) is 19.1 Å². The molecule has 0 saturated heterocycles. The summed E-state index contributed by atoms with van der Waals surface area (Å²) in [5, 5.41) is 12.9. The maximum atomic E-state index is 13.3. The molecule has 0 unspecified atom stereocenters. The second-order valence-corrected chi connectivity index (χ2v) is 8.64. The first-order chi connectivity index (χ1) is 13.6. The lowest BCUT2D eigenvalue weighted by molar-refractivity contribution is -0.126. The minimum absolute atomic E-state index is 0.0737. The van der Waals surface area contributed by atoms with Crippen LogP contribution < -0.4 is 10.2 Å². The van der Waals surface area contributed by atoms with Crippen LogP contribution in [0, 0.1) is 5.82 Å². The third-order valence-corrected chi connectivity index (χ3v) is 5.63. The molecule has 1 aromatic carbocycles. The molecule has 29 heavy (non-hydrogen) atoms. The van der Waals surface area contributed by atoms with Crippen molar-refractivity contribution in [2.75, 3.05) is 16.8 Å². The van der Waals surface area contributed by atoms with Crippen molar-refractivity contribution in [3.05, 3.63) is 53.0 Å². The highest BCUT2D eigenvalue weighted by Crippen LogP contribution is 2.42. The Morgan fingerprint density at radius 1 is 1.24 bits per heavy atom. The number of hydrogen-bond donors (Lipinski definition) is 2. The minimum atomic E-state index is -1.32. The number of pyridine rings is 1. The molecule has 0 atom stereocenters. The Bertz CT molecular complexity index is 997. The van der Waals surface area contributed by atoms with Gasteiger partial charge >= 0.3 is 0 Å². The van der Waals surface area contributed by atoms with Crippen molar-refractivity contribution in [2.24, 2.45) is 0 Å². The summed E-state index contributed by atoms with van der Waals surface area (Å²) < 4.78 is 13.3. The van der Waals surface area contributed by atoms with Gasteiger partial charge < -0.3 is 15.3 Å². The van der Waals surface area contributed by atoms with Crippen LogP contribution >= 0.6 is 0 Å². The largest absolute Gasteiger partial charge is 0.380 e. The van der Waals surface area contributed by atoms with Crippen molar-refractivity contribution in [3.63, 3.8) is 0 Å². The maximum absolute atomic E-state index is 13.3. The second-order valence-electron chi connectivity index (χ2n) is 8.64. The molecule has 1 fully saturated rings. The summed E-state index contributed by atoms with van der Waals surface area (Å²) in [6.07, 6.45) is 1.27. The van der Waals surface area contributed by atoms with Gasteiger partial charge in [-0.1, -0.05) is 26.0 Å². The molecule has 0 spiro atoms. The standard InChI is InChI=1S/C22H24FN3O3/c1-13(27)26-12-21(2,3)18-17(26)11-15(10-14-4-6-16(23)7-5-14)19(24-18)25-20(28)22(29)8-9-22/h4-7,11,29H,8-10,12H2,1-3H3,(H,24,25,28). The molecule has 2 aliphatic rings. The number of halogens is 1. The van der Waals surface area contributed by atoms with Crippen molar-refractivity contribution in [1.29, 1.82) is 0 Å². The summed E-state index contributed by atoms with van der Waals surface area (Å²) in [6, 6.07) is 7.98. The third-order valence-electron chi connectivity index (χ3n) is 5.63. The smallest absolute Gasteiger partial charge is 0.257 e. The molecule has 6 nitrogen and oxygen atoms in total. The molecule has 2 N–H and O–H groups in total. The first kappa shape index (κ1) is 19.5. The highest BCUT2D eigenvalue weighted by Gasteiger charge is 2.48. The van der Waals surface area contributed by atoms with Crippen molar-refractivity contribution in [3.8, 4) is 0 Å². The fourth-order valence-electron chi connectivity index (χ4n) is 3.72. The molecule has 2 heterocycles. The number of carbonyl (C=O) groups excluding carboxylic acids is 2. The number of aliphatic hydroxyl groups is 1. The van der Waals surface area contributed by atoms with Gasteiger partial charge in [0.1, 0.15) is 17.2 Å². The summed E-state index contributed by atoms with van der Waals surface area (Å²) in [4.78, 5) is 31.0. The minimum Gasteiger partial charge on any atom is -0.380 e. The van der Waals surface area contributed by atoms with Crippen LogP contribution in [0.2, 0.25) is 0 Å². The summed E-state index contributed by atoms with van der Waals surface area (Å²) >= 11 is 0. The number of nitrogens with one attached hydrogen (secondary N) is 1. The Hall–Kier alpha value is -2.80. The third kappa shape index (κ3) is 3.62. The Balaban J connectivity index is 1.78. The number of rotatable bonds is 4. The molecule has 0 radical (unpaired) electrons. The Morgan fingerprint density at radius 2 is 1.90 bits per heavy atom. The number of carbonyl (C=O) groups is 2. The van der Waals surface area contributed by atoms with Crippen LogP contribution in [0.5, 0.6) is 0 Å². The lowest BCUT2D eigenvalue weighted by atomic mass is 9.90. The summed E-state index contributed by atoms with van der Waals surface area (Å²) in [5.41, 5.74) is 1.31. The zero-order valence-electron chi connectivity index (χ0n) is 16.8. The van der Waals surface area contributed by atoms with E-state index < -0.39 is 11.5 Å². The van der Waals surface area contributed by atoms with E-state index in [1.54, 1.807) is 17.0 Å². The lowest BCUT2D eigenvalue weighted by Gasteiger charge is -2.19. The predicted octanol–water partition coefficient (Wildman–Crippen LogP) is 2.92. The van der Waals surface area contributed by atoms with E-state index in [1.807, 2.05) is 19.9 Å². The SMILES string of the molecule is CC(=O)N1CC(C)(C)c2nc(NC(=O)C3(O)CC3)c(Cc3ccc(F)cc3)cc21. The zero-order valence-corrected chi connectivity index (χ0v) is 16.8. The molecule has 2 aromatic rings. The second kappa shape index (κ2) is 6.62. The molecule has 1 aliphatic heterocycles. The van der Waals surface area contributed by atoms with Gasteiger partial charge in [0.05, 0.1) is 11.4 Å². The fourth-order valence-corrected chi connectivity index (χ4v) is 3.72. The van der Waals surface area contributed by atoms with E-state index in [9.17, 15) is 19.1 Å². The number of fused-ring (bicyclic) bond motifs is 1. The summed E-state index contributed by atoms with van der Waals surface area (Å²) in [7, 11) is 0. The average Bonchev–Trinajstić information content (AvgIpc) is 3.35. The zero-order chi connectivity index (χ0) is 21.0. The molecular formula is C22H24FN3O3. The van der Waals surface area contributed by atoms with Gasteiger partial charge in [0.15, 0.2) is 0 Å². The number of benzene rings is 1. The Labute approximate surface area is 168 Å². The summed E-state index contributed by atoms with van der Waals surface area (Å²) in [5.74, 6) is -0.494. The van der Waals surface area contributed by atoms with E-state index in [4.69, 9.17) is 4.98 Å². The molecule has 1 aromatic heterocycles. The number of aromatic nitrogens is 1. The van der Waals surface area contributed by atoms with Crippen LogP contribution in [0.15, 0.2) is 30.3 Å². The first-order valence-electron chi connectivity index (χ1n) is 9.70. The highest BCUT2D eigenvalue weighted by molar-refractivity contribution is 6.00. The molecule has 0 bridgehead atoms. The van der Waals surface area contributed by atoms with Crippen molar-refractivity contribution >= 4 is 23.3 Å². The topological polar surface area (TPSA) is 82.5 Å². The van der Waals surface area contributed by atoms with E-state index in [2.05, 4.69) is 5.32 Å². The monoisotopic (exact) mass is 397 g/mol. The quantitative estimate of drug-likeness (QED) is 0.831. The van der Waals surface area contributed by atoms with Gasteiger partial charge in [-0.2, -0.15) is 0 Å². The molecule has 1 saturated carbocycles. The first-order valence-corrected chi connectivity index (χ1v) is 9.70. The molecule has 7 heteroatoms. The number of anilines is 2. The van der Waals surface area contributed by atoms with E-state index in [0.717, 1.165) is 16.9 Å². The van der Waals surface area contributed by atoms with E-state index >= 15 is 0 Å². The Kier molecular flexibility index (Phi) is 4.46. The lowest BCUT2D eigenvalue weighted by Crippen LogP contribution is -2.32. The number of amides is 2. The van der Waals surface area contributed by atoms with Crippen LogP contribution in [-0.4, -0.2) is 34.1 Å². The van der Waals surface area contributed by atoms with Crippen LogP contribution in [0.25, 0.3) is 0 Å². The number of nitrogens with zero attached hydrogens (tertiary/aromatic N) is 2. The molecule has 152 valence electrons. The predicted molar refractivity (Wildman–Crippen MR) is 107 cm³/mol. The van der Waals surface area contributed by atoms with Gasteiger partial charge in [0, 0.05) is 30.9 Å². The summed E-state index contributed by atoms with van der Waals surface area (Å²) in [6.45, 7) is 6.02. The fraction of sp³-hybridized carbons (Fsp3) is 0.409. The highest BCUT2D eigenvalue weighted by atomic mass is 19.1. The van der Waals surface area contributed by atoms with Gasteiger partial charge in [0.25, 0.3) is 5.91 Å². The van der Waals surface area contributed by atoms with Crippen molar-refractivity contribution in [1.82, 2.24) is 4.98 Å². The van der Waals surface area contributed by atoms with E-state index in [0.29, 0.717) is 37.2 Å². The van der Waals surface area contributed by atoms with Gasteiger partial charge in [-0.05, 0) is 36.6 Å². The van der Waals surface area contributed by atoms with Gasteiger partial charge in [0.2, 0.25) is 5.91 Å². The van der Waals surface area contributed by atoms with Crippen LogP contribution in [0.1, 0.15) is 50.4 Å². The average molecular weight is 397 g/mol. The molecular weight excluding hydrogens is 373 g/mol. The number of hydrogen-bond acceptors (Lipinski definition) is 4. The normalized spacial score (nSPS) is 18.3. The van der Waals surface area contributed by atoms with Crippen LogP contribution in [0.4, 0.5) is 15.9 Å². The van der Waals surface area contributed by atoms with Gasteiger partial charge in [-0.3, -0.25) is 9.59 Å². The molecule has 2 amide bonds. The molecule has 4 rings (SSSR count). The van der Waals surface area contributed by atoms with E-state index in [-0.39, 0.29) is 17.1 Å². The van der Waals surface area contributed by atoms with Crippen molar-refractivity contribution in [2.45, 2.75) is 51.0 Å². The molecule has 1 aliphatic carbocycles. The maximum Gasteiger partial charge on any atom is 0.257 e. The van der Waals surface area contributed by atoms with Crippen LogP contribution in [0.3, 0.4) is 0 Å². The Morgan fingerprint density at radius 3 is 2.48 bits per heavy atom. The van der Waals surface area contributed by atoms with Gasteiger partial charge in [-0.15, -0.1) is 0 Å². The van der Waals surface area contributed by atoms with Crippen molar-refractivity contribution < 1.29 is 19.1 Å².